The van der Waals surface area contributed by atoms with E-state index in [1.807, 2.05) is 24.5 Å². The molecular weight excluding hydrogens is 374 g/mol. The lowest BCUT2D eigenvalue weighted by atomic mass is 10.3. The molecule has 2 aliphatic rings. The molecule has 0 aliphatic carbocycles. The quantitative estimate of drug-likeness (QED) is 0.764. The van der Waals surface area contributed by atoms with Gasteiger partial charge in [-0.2, -0.15) is 0 Å². The predicted molar refractivity (Wildman–Crippen MR) is 117 cm³/mol. The number of nitrogens with one attached hydrogen (secondary N) is 1. The number of aromatic nitrogens is 3. The molecule has 8 nitrogen and oxygen atoms in total. The van der Waals surface area contributed by atoms with Crippen LogP contribution >= 0.6 is 10.9 Å². The van der Waals surface area contributed by atoms with Crippen LogP contribution in [0, 0.1) is 0 Å². The lowest BCUT2D eigenvalue weighted by molar-refractivity contribution is 0.313. The fraction of sp³-hybridized carbons (Fsp3) is 0.368. The third-order valence-corrected chi connectivity index (χ3v) is 6.84. The van der Waals surface area contributed by atoms with Crippen LogP contribution in [0.5, 0.6) is 0 Å². The number of nitrogens with zero attached hydrogens (tertiary/aromatic N) is 6. The second-order valence-electron chi connectivity index (χ2n) is 6.77. The Labute approximate surface area is 167 Å². The van der Waals surface area contributed by atoms with Gasteiger partial charge in [0.25, 0.3) is 0 Å². The maximum absolute atomic E-state index is 5.32. The molecule has 1 atom stereocenters. The molecule has 4 heterocycles. The maximum atomic E-state index is 5.32. The van der Waals surface area contributed by atoms with Gasteiger partial charge in [0.05, 0.1) is 24.7 Å². The minimum Gasteiger partial charge on any atom is -0.477 e. The van der Waals surface area contributed by atoms with E-state index in [0.29, 0.717) is 5.95 Å². The number of ether oxygens (including phenoxy) is 1. The summed E-state index contributed by atoms with van der Waals surface area (Å²) in [6, 6.07) is 5.96. The van der Waals surface area contributed by atoms with Crippen molar-refractivity contribution in [1.82, 2.24) is 19.9 Å². The smallest absolute Gasteiger partial charge is 0.233 e. The first-order chi connectivity index (χ1) is 13.6. The van der Waals surface area contributed by atoms with E-state index >= 15 is 0 Å². The average Bonchev–Trinajstić information content (AvgIpc) is 3.10. The van der Waals surface area contributed by atoms with Crippen LogP contribution in [0.1, 0.15) is 5.69 Å². The molecule has 9 heteroatoms. The van der Waals surface area contributed by atoms with E-state index in [0.717, 1.165) is 53.5 Å². The zero-order valence-electron chi connectivity index (χ0n) is 16.3. The lowest BCUT2D eigenvalue weighted by Crippen LogP contribution is -2.44. The van der Waals surface area contributed by atoms with Crippen LogP contribution in [0.2, 0.25) is 0 Å². The zero-order chi connectivity index (χ0) is 19.5. The number of rotatable bonds is 4. The molecule has 4 rings (SSSR count). The molecule has 2 aliphatic heterocycles. The first-order valence-corrected chi connectivity index (χ1v) is 11.0. The van der Waals surface area contributed by atoms with Gasteiger partial charge in [0.15, 0.2) is 0 Å². The molecule has 2 aromatic heterocycles. The molecule has 1 N–H and O–H groups in total. The number of hydrogen-bond acceptors (Lipinski definition) is 8. The molecule has 1 fully saturated rings. The Kier molecular flexibility index (Phi) is 5.45. The first-order valence-electron chi connectivity index (χ1n) is 9.20. The highest BCUT2D eigenvalue weighted by Gasteiger charge is 2.21. The molecule has 0 radical (unpaired) electrons. The van der Waals surface area contributed by atoms with Crippen LogP contribution in [-0.2, 0) is 4.74 Å². The van der Waals surface area contributed by atoms with Gasteiger partial charge in [-0.25, -0.2) is 19.9 Å². The molecular formula is C19H25N7OS. The van der Waals surface area contributed by atoms with Gasteiger partial charge < -0.3 is 19.9 Å². The Bertz CT molecular complexity index is 891. The van der Waals surface area contributed by atoms with Crippen molar-refractivity contribution in [2.24, 2.45) is 4.99 Å². The molecule has 0 spiro atoms. The van der Waals surface area contributed by atoms with Crippen molar-refractivity contribution in [2.45, 2.75) is 0 Å². The number of likely N-dealkylation sites (N-methyl/N-ethyl adjacent to an activating group) is 1. The zero-order valence-corrected chi connectivity index (χ0v) is 17.2. The normalized spacial score (nSPS) is 21.2. The van der Waals surface area contributed by atoms with Crippen molar-refractivity contribution < 1.29 is 4.74 Å². The molecule has 148 valence electrons. The van der Waals surface area contributed by atoms with E-state index in [2.05, 4.69) is 54.4 Å². The summed E-state index contributed by atoms with van der Waals surface area (Å²) >= 11 is 0. The van der Waals surface area contributed by atoms with Gasteiger partial charge in [-0.05, 0) is 31.5 Å². The number of pyridine rings is 1. The Hall–Kier alpha value is -2.65. The van der Waals surface area contributed by atoms with Crippen LogP contribution in [-0.4, -0.2) is 71.7 Å². The van der Waals surface area contributed by atoms with Crippen molar-refractivity contribution >= 4 is 38.5 Å². The Morgan fingerprint density at radius 2 is 1.93 bits per heavy atom. The molecule has 1 unspecified atom stereocenters. The third kappa shape index (κ3) is 3.95. The summed E-state index contributed by atoms with van der Waals surface area (Å²) in [6.45, 7) is 4.20. The van der Waals surface area contributed by atoms with Gasteiger partial charge in [0, 0.05) is 43.5 Å². The molecule has 0 aromatic carbocycles. The average molecular weight is 400 g/mol. The van der Waals surface area contributed by atoms with E-state index in [1.165, 1.54) is 0 Å². The van der Waals surface area contributed by atoms with E-state index in [4.69, 9.17) is 4.74 Å². The summed E-state index contributed by atoms with van der Waals surface area (Å²) in [5.74, 6) is 1.25. The minimum atomic E-state index is -0.609. The number of thiol groups is 1. The highest BCUT2D eigenvalue weighted by Crippen LogP contribution is 2.44. The summed E-state index contributed by atoms with van der Waals surface area (Å²) < 4.78 is 5.32. The highest BCUT2D eigenvalue weighted by molar-refractivity contribution is 8.36. The predicted octanol–water partition coefficient (Wildman–Crippen LogP) is 2.31. The topological polar surface area (TPSA) is 78.8 Å². The fourth-order valence-corrected chi connectivity index (χ4v) is 4.62. The van der Waals surface area contributed by atoms with E-state index in [-0.39, 0.29) is 0 Å². The van der Waals surface area contributed by atoms with Gasteiger partial charge in [0.2, 0.25) is 11.2 Å². The summed E-state index contributed by atoms with van der Waals surface area (Å²) in [5.41, 5.74) is 2.00. The molecule has 1 saturated heterocycles. The van der Waals surface area contributed by atoms with Crippen LogP contribution in [0.25, 0.3) is 4.91 Å². The van der Waals surface area contributed by atoms with Gasteiger partial charge in [-0.1, -0.05) is 0 Å². The summed E-state index contributed by atoms with van der Waals surface area (Å²) in [6.07, 6.45) is 7.60. The monoisotopic (exact) mass is 399 g/mol. The van der Waals surface area contributed by atoms with Gasteiger partial charge in [-0.3, -0.25) is 0 Å². The number of aliphatic imine (C=N–C) groups is 1. The second-order valence-corrected chi connectivity index (χ2v) is 8.75. The molecule has 0 saturated carbocycles. The molecule has 2 aromatic rings. The standard InChI is InChI=1S/C19H25N7OS/c1-25-8-10-26(11-9-25)14-4-5-17(21-12-14)24-18-20-7-6-15(23-18)16-13-22-19(27-2)28(16)3/h4-7,12-13,28H,8-11H2,1-3H3,(H,20,21,23,24). The van der Waals surface area contributed by atoms with Crippen molar-refractivity contribution in [1.29, 1.82) is 0 Å². The number of hydrogen-bond donors (Lipinski definition) is 2. The van der Waals surface area contributed by atoms with Crippen LogP contribution < -0.4 is 10.2 Å². The van der Waals surface area contributed by atoms with Crippen LogP contribution in [0.15, 0.2) is 41.8 Å². The Morgan fingerprint density at radius 3 is 2.61 bits per heavy atom. The Balaban J connectivity index is 1.44. The second kappa shape index (κ2) is 8.15. The van der Waals surface area contributed by atoms with Gasteiger partial charge in [0.1, 0.15) is 5.82 Å². The van der Waals surface area contributed by atoms with Crippen LogP contribution in [0.4, 0.5) is 17.5 Å². The Morgan fingerprint density at radius 1 is 1.11 bits per heavy atom. The van der Waals surface area contributed by atoms with Gasteiger partial charge in [-0.15, -0.1) is 10.9 Å². The van der Waals surface area contributed by atoms with E-state index < -0.39 is 10.9 Å². The fourth-order valence-electron chi connectivity index (χ4n) is 3.21. The summed E-state index contributed by atoms with van der Waals surface area (Å²) in [7, 11) is 3.20. The molecule has 28 heavy (non-hydrogen) atoms. The molecule has 0 amide bonds. The highest BCUT2D eigenvalue weighted by atomic mass is 32.2. The van der Waals surface area contributed by atoms with Crippen molar-refractivity contribution in [3.63, 3.8) is 0 Å². The van der Waals surface area contributed by atoms with Crippen molar-refractivity contribution in [2.75, 3.05) is 56.8 Å². The lowest BCUT2D eigenvalue weighted by Gasteiger charge is -2.33. The molecule has 0 bridgehead atoms. The minimum absolute atomic E-state index is 0.521. The van der Waals surface area contributed by atoms with Crippen molar-refractivity contribution in [3.8, 4) is 0 Å². The van der Waals surface area contributed by atoms with Gasteiger partial charge >= 0.3 is 0 Å². The largest absolute Gasteiger partial charge is 0.477 e. The SMILES string of the molecule is COC1=NC=C(c2ccnc(Nc3ccc(N4CCN(C)CC4)cn3)n2)[SH]1C. The summed E-state index contributed by atoms with van der Waals surface area (Å²) in [4.78, 5) is 23.6. The van der Waals surface area contributed by atoms with Crippen molar-refractivity contribution in [3.05, 3.63) is 42.5 Å². The summed E-state index contributed by atoms with van der Waals surface area (Å²) in [5, 5.41) is 3.96. The first kappa shape index (κ1) is 18.7. The number of methoxy groups -OCH3 is 1. The van der Waals surface area contributed by atoms with E-state index in [1.54, 1.807) is 13.3 Å². The van der Waals surface area contributed by atoms with E-state index in [9.17, 15) is 0 Å². The third-order valence-electron chi connectivity index (χ3n) is 4.90. The maximum Gasteiger partial charge on any atom is 0.233 e. The number of piperazine rings is 1. The van der Waals surface area contributed by atoms with Crippen LogP contribution in [0.3, 0.4) is 0 Å². The number of anilines is 3.